The summed E-state index contributed by atoms with van der Waals surface area (Å²) in [5, 5.41) is 2.44. The van der Waals surface area contributed by atoms with Gasteiger partial charge in [0.1, 0.15) is 11.5 Å². The zero-order chi connectivity index (χ0) is 20.4. The minimum atomic E-state index is -0.444. The molecule has 0 fully saturated rings. The first-order valence-corrected chi connectivity index (χ1v) is 9.70. The van der Waals surface area contributed by atoms with Gasteiger partial charge >= 0.3 is 0 Å². The van der Waals surface area contributed by atoms with Crippen LogP contribution >= 0.6 is 28.1 Å². The van der Waals surface area contributed by atoms with Crippen LogP contribution in [-0.2, 0) is 4.79 Å². The van der Waals surface area contributed by atoms with Crippen LogP contribution in [0.25, 0.3) is 0 Å². The van der Waals surface area contributed by atoms with Crippen molar-refractivity contribution >= 4 is 45.1 Å². The molecule has 0 radical (unpaired) electrons. The highest BCUT2D eigenvalue weighted by molar-refractivity contribution is 9.10. The van der Waals surface area contributed by atoms with Gasteiger partial charge in [-0.3, -0.25) is 25.8 Å². The Morgan fingerprint density at radius 1 is 1.07 bits per heavy atom. The lowest BCUT2D eigenvalue weighted by Gasteiger charge is -2.12. The van der Waals surface area contributed by atoms with E-state index in [2.05, 4.69) is 32.1 Å². The fourth-order valence-corrected chi connectivity index (χ4v) is 2.64. The molecule has 0 spiro atoms. The number of hydrogen-bond donors (Lipinski definition) is 3. The average Bonchev–Trinajstić information content (AvgIpc) is 2.70. The maximum atomic E-state index is 12.3. The van der Waals surface area contributed by atoms with Gasteiger partial charge in [-0.05, 0) is 64.9 Å². The molecular weight excluding hydrogens is 446 g/mol. The van der Waals surface area contributed by atoms with Crippen molar-refractivity contribution in [1.29, 1.82) is 0 Å². The molecule has 0 bridgehead atoms. The Bertz CT molecular complexity index is 833. The molecule has 2 aromatic carbocycles. The predicted molar refractivity (Wildman–Crippen MR) is 113 cm³/mol. The third-order valence-corrected chi connectivity index (χ3v) is 4.14. The van der Waals surface area contributed by atoms with Crippen LogP contribution < -0.4 is 25.6 Å². The Hall–Kier alpha value is -2.65. The molecule has 0 saturated heterocycles. The van der Waals surface area contributed by atoms with Crippen LogP contribution in [0, 0.1) is 0 Å². The molecule has 0 aliphatic carbocycles. The second kappa shape index (κ2) is 11.3. The Kier molecular flexibility index (Phi) is 8.70. The molecule has 9 heteroatoms. The molecule has 28 heavy (non-hydrogen) atoms. The van der Waals surface area contributed by atoms with E-state index in [0.717, 1.165) is 6.42 Å². The van der Waals surface area contributed by atoms with Crippen molar-refractivity contribution < 1.29 is 19.1 Å². The molecule has 7 nitrogen and oxygen atoms in total. The molecule has 0 aliphatic heterocycles. The highest BCUT2D eigenvalue weighted by Gasteiger charge is 2.11. The molecule has 0 saturated carbocycles. The SMILES string of the molecule is CCCOc1ccc(C(=O)NC(=S)NNC(=O)COc2ccccc2)cc1Br. The average molecular weight is 466 g/mol. The minimum absolute atomic E-state index is 0.0412. The van der Waals surface area contributed by atoms with E-state index in [1.165, 1.54) is 0 Å². The summed E-state index contributed by atoms with van der Waals surface area (Å²) in [6.07, 6.45) is 0.886. The quantitative estimate of drug-likeness (QED) is 0.430. The van der Waals surface area contributed by atoms with E-state index in [1.54, 1.807) is 42.5 Å². The van der Waals surface area contributed by atoms with E-state index in [4.69, 9.17) is 21.7 Å². The summed E-state index contributed by atoms with van der Waals surface area (Å²) in [4.78, 5) is 24.0. The van der Waals surface area contributed by atoms with Crippen molar-refractivity contribution in [2.24, 2.45) is 0 Å². The number of nitrogens with one attached hydrogen (secondary N) is 3. The number of carbonyl (C=O) groups is 2. The highest BCUT2D eigenvalue weighted by Crippen LogP contribution is 2.26. The van der Waals surface area contributed by atoms with E-state index >= 15 is 0 Å². The van der Waals surface area contributed by atoms with Crippen LogP contribution in [0.3, 0.4) is 0 Å². The van der Waals surface area contributed by atoms with Gasteiger partial charge in [-0.25, -0.2) is 0 Å². The molecule has 0 atom stereocenters. The number of rotatable bonds is 7. The first-order chi connectivity index (χ1) is 13.5. The second-order valence-electron chi connectivity index (χ2n) is 5.55. The van der Waals surface area contributed by atoms with Gasteiger partial charge in [0.05, 0.1) is 11.1 Å². The van der Waals surface area contributed by atoms with Crippen LogP contribution in [0.4, 0.5) is 0 Å². The lowest BCUT2D eigenvalue weighted by molar-refractivity contribution is -0.123. The van der Waals surface area contributed by atoms with Crippen molar-refractivity contribution in [3.8, 4) is 11.5 Å². The van der Waals surface area contributed by atoms with E-state index in [-0.39, 0.29) is 11.7 Å². The zero-order valence-electron chi connectivity index (χ0n) is 15.2. The van der Waals surface area contributed by atoms with Gasteiger partial charge in [-0.2, -0.15) is 0 Å². The fraction of sp³-hybridized carbons (Fsp3) is 0.211. The second-order valence-corrected chi connectivity index (χ2v) is 6.81. The summed E-state index contributed by atoms with van der Waals surface area (Å²) in [7, 11) is 0. The number of carbonyl (C=O) groups excluding carboxylic acids is 2. The molecular formula is C19H20BrN3O4S. The van der Waals surface area contributed by atoms with Gasteiger partial charge in [0.2, 0.25) is 0 Å². The number of benzene rings is 2. The Morgan fingerprint density at radius 2 is 1.82 bits per heavy atom. The molecule has 148 valence electrons. The number of halogens is 1. The molecule has 2 aromatic rings. The van der Waals surface area contributed by atoms with Crippen LogP contribution in [0.5, 0.6) is 11.5 Å². The van der Waals surface area contributed by atoms with Crippen molar-refractivity contribution in [3.63, 3.8) is 0 Å². The highest BCUT2D eigenvalue weighted by atomic mass is 79.9. The zero-order valence-corrected chi connectivity index (χ0v) is 17.6. The molecule has 2 rings (SSSR count). The van der Waals surface area contributed by atoms with Crippen LogP contribution in [0.15, 0.2) is 53.0 Å². The van der Waals surface area contributed by atoms with Crippen LogP contribution in [0.1, 0.15) is 23.7 Å². The van der Waals surface area contributed by atoms with Crippen molar-refractivity contribution in [2.75, 3.05) is 13.2 Å². The van der Waals surface area contributed by atoms with Gasteiger partial charge in [0.25, 0.3) is 11.8 Å². The Morgan fingerprint density at radius 3 is 2.50 bits per heavy atom. The smallest absolute Gasteiger partial charge is 0.276 e. The maximum absolute atomic E-state index is 12.3. The van der Waals surface area contributed by atoms with E-state index < -0.39 is 11.8 Å². The van der Waals surface area contributed by atoms with Gasteiger partial charge in [0, 0.05) is 5.56 Å². The first-order valence-electron chi connectivity index (χ1n) is 8.50. The number of para-hydroxylation sites is 1. The Labute approximate surface area is 176 Å². The minimum Gasteiger partial charge on any atom is -0.492 e. The third-order valence-electron chi connectivity index (χ3n) is 3.31. The molecule has 0 heterocycles. The molecule has 0 unspecified atom stereocenters. The molecule has 0 aliphatic rings. The normalized spacial score (nSPS) is 9.93. The number of ether oxygens (including phenoxy) is 2. The van der Waals surface area contributed by atoms with Crippen molar-refractivity contribution in [1.82, 2.24) is 16.2 Å². The number of thiocarbonyl (C=S) groups is 1. The summed E-state index contributed by atoms with van der Waals surface area (Å²) in [5.74, 6) is 0.367. The van der Waals surface area contributed by atoms with Crippen LogP contribution in [0.2, 0.25) is 0 Å². The van der Waals surface area contributed by atoms with Crippen molar-refractivity contribution in [2.45, 2.75) is 13.3 Å². The predicted octanol–water partition coefficient (Wildman–Crippen LogP) is 2.95. The summed E-state index contributed by atoms with van der Waals surface area (Å²) >= 11 is 8.38. The standard InChI is InChI=1S/C19H20BrN3O4S/c1-2-10-26-16-9-8-13(11-15(16)20)18(25)21-19(28)23-22-17(24)12-27-14-6-4-3-5-7-14/h3-9,11H,2,10,12H2,1H3,(H,22,24)(H2,21,23,25,28). The largest absolute Gasteiger partial charge is 0.492 e. The van der Waals surface area contributed by atoms with Gasteiger partial charge < -0.3 is 9.47 Å². The van der Waals surface area contributed by atoms with Gasteiger partial charge in [0.15, 0.2) is 11.7 Å². The van der Waals surface area contributed by atoms with Crippen molar-refractivity contribution in [3.05, 3.63) is 58.6 Å². The van der Waals surface area contributed by atoms with Gasteiger partial charge in [-0.15, -0.1) is 0 Å². The maximum Gasteiger partial charge on any atom is 0.276 e. The topological polar surface area (TPSA) is 88.7 Å². The summed E-state index contributed by atoms with van der Waals surface area (Å²) < 4.78 is 11.5. The van der Waals surface area contributed by atoms with E-state index in [1.807, 2.05) is 13.0 Å². The van der Waals surface area contributed by atoms with E-state index in [0.29, 0.717) is 28.1 Å². The lowest BCUT2D eigenvalue weighted by Crippen LogP contribution is -2.49. The Balaban J connectivity index is 1.76. The summed E-state index contributed by atoms with van der Waals surface area (Å²) in [5.41, 5.74) is 5.20. The number of hydrazine groups is 1. The lowest BCUT2D eigenvalue weighted by atomic mass is 10.2. The third kappa shape index (κ3) is 7.16. The fourth-order valence-electron chi connectivity index (χ4n) is 2.01. The molecule has 2 amide bonds. The first kappa shape index (κ1) is 21.6. The summed E-state index contributed by atoms with van der Waals surface area (Å²) in [6, 6.07) is 13.9. The summed E-state index contributed by atoms with van der Waals surface area (Å²) in [6.45, 7) is 2.40. The molecule has 3 N–H and O–H groups in total. The van der Waals surface area contributed by atoms with Gasteiger partial charge in [-0.1, -0.05) is 25.1 Å². The number of hydrogen-bond acceptors (Lipinski definition) is 5. The molecule has 0 aromatic heterocycles. The van der Waals surface area contributed by atoms with E-state index in [9.17, 15) is 9.59 Å². The monoisotopic (exact) mass is 465 g/mol. The van der Waals surface area contributed by atoms with Crippen LogP contribution in [-0.4, -0.2) is 30.1 Å². The number of amides is 2.